The molecular formula is C18H37IN6O. The Kier molecular flexibility index (Phi) is 11.4. The van der Waals surface area contributed by atoms with Crippen LogP contribution in [-0.2, 0) is 11.8 Å². The quantitative estimate of drug-likeness (QED) is 0.340. The van der Waals surface area contributed by atoms with E-state index in [4.69, 9.17) is 9.73 Å². The summed E-state index contributed by atoms with van der Waals surface area (Å²) >= 11 is 0. The molecule has 8 heteroatoms. The summed E-state index contributed by atoms with van der Waals surface area (Å²) < 4.78 is 7.43. The second-order valence-electron chi connectivity index (χ2n) is 7.62. The summed E-state index contributed by atoms with van der Waals surface area (Å²) in [7, 11) is 7.83. The highest BCUT2D eigenvalue weighted by Crippen LogP contribution is 2.22. The first-order chi connectivity index (χ1) is 11.7. The van der Waals surface area contributed by atoms with Gasteiger partial charge in [0.15, 0.2) is 5.96 Å². The topological polar surface area (TPSA) is 66.7 Å². The van der Waals surface area contributed by atoms with E-state index in [0.29, 0.717) is 6.54 Å². The molecule has 0 bridgehead atoms. The van der Waals surface area contributed by atoms with Crippen LogP contribution in [0.15, 0.2) is 17.4 Å². The Hall–Kier alpha value is -0.870. The average Bonchev–Trinajstić information content (AvgIpc) is 2.92. The summed E-state index contributed by atoms with van der Waals surface area (Å²) in [6, 6.07) is 0.221. The lowest BCUT2D eigenvalue weighted by molar-refractivity contribution is 0.0241. The Balaban J connectivity index is 0.00000625. The number of aryl methyl sites for hydroxylation is 1. The molecule has 152 valence electrons. The van der Waals surface area contributed by atoms with Crippen molar-refractivity contribution in [2.45, 2.75) is 39.8 Å². The number of aliphatic imine (C=N–C) groups is 1. The van der Waals surface area contributed by atoms with E-state index in [0.717, 1.165) is 19.0 Å². The van der Waals surface area contributed by atoms with Gasteiger partial charge in [0.1, 0.15) is 0 Å². The molecule has 2 N–H and O–H groups in total. The van der Waals surface area contributed by atoms with E-state index in [1.165, 1.54) is 5.56 Å². The minimum absolute atomic E-state index is 0. The zero-order chi connectivity index (χ0) is 19.0. The predicted molar refractivity (Wildman–Crippen MR) is 119 cm³/mol. The molecule has 1 aromatic rings. The van der Waals surface area contributed by atoms with Gasteiger partial charge in [-0.3, -0.25) is 9.67 Å². The van der Waals surface area contributed by atoms with E-state index in [1.54, 1.807) is 7.11 Å². The SMILES string of the molecule is CCNC(=NCC(OC)C(C)(C)C)NCC(c1cnn(C)c1)N(C)C.I. The van der Waals surface area contributed by atoms with Gasteiger partial charge in [0.05, 0.1) is 24.9 Å². The van der Waals surface area contributed by atoms with Gasteiger partial charge in [-0.05, 0) is 26.4 Å². The Morgan fingerprint density at radius 3 is 2.42 bits per heavy atom. The van der Waals surface area contributed by atoms with Crippen molar-refractivity contribution in [3.05, 3.63) is 18.0 Å². The molecular weight excluding hydrogens is 443 g/mol. The van der Waals surface area contributed by atoms with E-state index in [-0.39, 0.29) is 41.5 Å². The van der Waals surface area contributed by atoms with Crippen molar-refractivity contribution in [2.75, 3.05) is 40.8 Å². The van der Waals surface area contributed by atoms with Crippen LogP contribution in [0.4, 0.5) is 0 Å². The molecule has 0 saturated carbocycles. The third kappa shape index (κ3) is 8.22. The van der Waals surface area contributed by atoms with Crippen molar-refractivity contribution in [3.8, 4) is 0 Å². The highest BCUT2D eigenvalue weighted by molar-refractivity contribution is 14.0. The standard InChI is InChI=1S/C18H36N6O.HI/c1-9-19-17(21-12-16(25-8)18(2,3)4)20-11-15(23(5)6)14-10-22-24(7)13-14;/h10,13,15-16H,9,11-12H2,1-8H3,(H2,19,20,21);1H. The lowest BCUT2D eigenvalue weighted by Gasteiger charge is -2.28. The molecule has 0 aliphatic carbocycles. The van der Waals surface area contributed by atoms with E-state index in [1.807, 2.05) is 17.9 Å². The molecule has 1 heterocycles. The Bertz CT molecular complexity index is 538. The van der Waals surface area contributed by atoms with E-state index >= 15 is 0 Å². The molecule has 0 aliphatic heterocycles. The number of aromatic nitrogens is 2. The number of nitrogens with one attached hydrogen (secondary N) is 2. The lowest BCUT2D eigenvalue weighted by atomic mass is 9.89. The van der Waals surface area contributed by atoms with Gasteiger partial charge < -0.3 is 20.3 Å². The Labute approximate surface area is 176 Å². The molecule has 2 unspecified atom stereocenters. The highest BCUT2D eigenvalue weighted by Gasteiger charge is 2.24. The molecule has 26 heavy (non-hydrogen) atoms. The summed E-state index contributed by atoms with van der Waals surface area (Å²) in [4.78, 5) is 6.89. The molecule has 1 rings (SSSR count). The molecule has 7 nitrogen and oxygen atoms in total. The van der Waals surface area contributed by atoms with Crippen molar-refractivity contribution in [2.24, 2.45) is 17.5 Å². The minimum atomic E-state index is 0. The van der Waals surface area contributed by atoms with Crippen LogP contribution in [-0.4, -0.2) is 67.6 Å². The monoisotopic (exact) mass is 480 g/mol. The number of nitrogens with zero attached hydrogens (tertiary/aromatic N) is 4. The van der Waals surface area contributed by atoms with Crippen LogP contribution in [0.25, 0.3) is 0 Å². The molecule has 2 atom stereocenters. The van der Waals surface area contributed by atoms with Gasteiger partial charge in [-0.2, -0.15) is 5.10 Å². The van der Waals surface area contributed by atoms with Gasteiger partial charge >= 0.3 is 0 Å². The maximum atomic E-state index is 5.60. The van der Waals surface area contributed by atoms with Crippen molar-refractivity contribution in [1.29, 1.82) is 0 Å². The van der Waals surface area contributed by atoms with Crippen molar-refractivity contribution in [1.82, 2.24) is 25.3 Å². The third-order valence-electron chi connectivity index (χ3n) is 4.21. The van der Waals surface area contributed by atoms with Crippen LogP contribution in [0.3, 0.4) is 0 Å². The van der Waals surface area contributed by atoms with Gasteiger partial charge in [-0.1, -0.05) is 20.8 Å². The van der Waals surface area contributed by atoms with Crippen molar-refractivity contribution < 1.29 is 4.74 Å². The van der Waals surface area contributed by atoms with Gasteiger partial charge in [-0.15, -0.1) is 24.0 Å². The van der Waals surface area contributed by atoms with Crippen LogP contribution in [0.5, 0.6) is 0 Å². The predicted octanol–water partition coefficient (Wildman–Crippen LogP) is 2.26. The normalized spacial score (nSPS) is 14.7. The van der Waals surface area contributed by atoms with E-state index in [9.17, 15) is 0 Å². The van der Waals surface area contributed by atoms with Gasteiger partial charge in [0.2, 0.25) is 0 Å². The van der Waals surface area contributed by atoms with Crippen molar-refractivity contribution in [3.63, 3.8) is 0 Å². The Morgan fingerprint density at radius 2 is 2.00 bits per heavy atom. The molecule has 0 fully saturated rings. The van der Waals surface area contributed by atoms with E-state index in [2.05, 4.69) is 68.6 Å². The second kappa shape index (κ2) is 11.8. The van der Waals surface area contributed by atoms with Crippen LogP contribution < -0.4 is 10.6 Å². The van der Waals surface area contributed by atoms with Crippen molar-refractivity contribution >= 4 is 29.9 Å². The fraction of sp³-hybridized carbons (Fsp3) is 0.778. The first kappa shape index (κ1) is 25.1. The number of halogens is 1. The zero-order valence-electron chi connectivity index (χ0n) is 17.5. The van der Waals surface area contributed by atoms with E-state index < -0.39 is 0 Å². The number of hydrogen-bond acceptors (Lipinski definition) is 4. The fourth-order valence-electron chi connectivity index (χ4n) is 2.62. The molecule has 0 radical (unpaired) electrons. The van der Waals surface area contributed by atoms with Gasteiger partial charge in [0.25, 0.3) is 0 Å². The summed E-state index contributed by atoms with van der Waals surface area (Å²) in [5.74, 6) is 0.810. The van der Waals surface area contributed by atoms with Crippen LogP contribution in [0, 0.1) is 5.41 Å². The first-order valence-corrected chi connectivity index (χ1v) is 8.89. The van der Waals surface area contributed by atoms with Gasteiger partial charge in [0, 0.05) is 39.0 Å². The van der Waals surface area contributed by atoms with Crippen LogP contribution >= 0.6 is 24.0 Å². The van der Waals surface area contributed by atoms with Crippen LogP contribution in [0.1, 0.15) is 39.3 Å². The fourth-order valence-corrected chi connectivity index (χ4v) is 2.62. The molecule has 1 aromatic heterocycles. The first-order valence-electron chi connectivity index (χ1n) is 8.89. The van der Waals surface area contributed by atoms with Crippen LogP contribution in [0.2, 0.25) is 0 Å². The minimum Gasteiger partial charge on any atom is -0.379 e. The highest BCUT2D eigenvalue weighted by atomic mass is 127. The maximum absolute atomic E-state index is 5.60. The average molecular weight is 480 g/mol. The molecule has 0 amide bonds. The van der Waals surface area contributed by atoms with Gasteiger partial charge in [-0.25, -0.2) is 0 Å². The molecule has 0 spiro atoms. The maximum Gasteiger partial charge on any atom is 0.191 e. The summed E-state index contributed by atoms with van der Waals surface area (Å²) in [5, 5.41) is 11.0. The number of hydrogen-bond donors (Lipinski definition) is 2. The number of guanidine groups is 1. The smallest absolute Gasteiger partial charge is 0.191 e. The zero-order valence-corrected chi connectivity index (χ0v) is 19.9. The largest absolute Gasteiger partial charge is 0.379 e. The number of likely N-dealkylation sites (N-methyl/N-ethyl adjacent to an activating group) is 1. The lowest BCUT2D eigenvalue weighted by Crippen LogP contribution is -2.42. The second-order valence-corrected chi connectivity index (χ2v) is 7.62. The summed E-state index contributed by atoms with van der Waals surface area (Å²) in [5.41, 5.74) is 1.23. The third-order valence-corrected chi connectivity index (χ3v) is 4.21. The molecule has 0 aliphatic rings. The molecule has 0 aromatic carbocycles. The Morgan fingerprint density at radius 1 is 1.35 bits per heavy atom. The number of methoxy groups -OCH3 is 1. The summed E-state index contributed by atoms with van der Waals surface area (Å²) in [6.07, 6.45) is 4.04. The number of ether oxygens (including phenoxy) is 1. The number of rotatable bonds is 8. The summed E-state index contributed by atoms with van der Waals surface area (Å²) in [6.45, 7) is 10.8. The molecule has 0 saturated heterocycles.